The molecule has 0 radical (unpaired) electrons. The summed E-state index contributed by atoms with van der Waals surface area (Å²) in [5, 5.41) is 14.4. The number of alkyl halides is 3. The molecule has 6 saturated heterocycles. The maximum atomic E-state index is 15.1. The Morgan fingerprint density at radius 3 is 1.66 bits per heavy atom. The van der Waals surface area contributed by atoms with Crippen LogP contribution in [0.15, 0.2) is 165 Å². The summed E-state index contributed by atoms with van der Waals surface area (Å²) in [4.78, 5) is 61.8. The van der Waals surface area contributed by atoms with Gasteiger partial charge in [0.05, 0.1) is 83.0 Å². The van der Waals surface area contributed by atoms with Crippen molar-refractivity contribution >= 4 is 83.0 Å². The van der Waals surface area contributed by atoms with Crippen molar-refractivity contribution in [3.8, 4) is 11.6 Å². The Hall–Kier alpha value is -7.47. The SMILES string of the molecule is C=CCn1c(=O)c2cnc(Nc3ccc(N4CCC5CN(C)CCC5C4)cc3)nc2n1-c1cccc(C2(F)COC2)n1.C=CCn1c(=O)c2cnc(SC)nc2n1-c1cccc(C2(F)COC2)n1.FC1(c2cccc(Br)n2)COC1.OC1(c2cccc(Br)c2)COC1. The lowest BCUT2D eigenvalue weighted by molar-refractivity contribution is -0.184. The fraction of sp³-hybridized carbons (Fsp3) is 0.369. The summed E-state index contributed by atoms with van der Waals surface area (Å²) in [6, 6.07) is 31.4. The van der Waals surface area contributed by atoms with Gasteiger partial charge in [0.2, 0.25) is 5.95 Å². The molecule has 9 aromatic rings. The number of hydrogen-bond acceptors (Lipinski definition) is 18. The highest BCUT2D eigenvalue weighted by atomic mass is 79.9. The molecule has 21 nitrogen and oxygen atoms in total. The molecule has 6 aliphatic rings. The summed E-state index contributed by atoms with van der Waals surface area (Å²) in [5.74, 6) is 2.69. The average molecular weight is 1410 g/mol. The fourth-order valence-electron chi connectivity index (χ4n) is 11.7. The lowest BCUT2D eigenvalue weighted by Crippen LogP contribution is -2.48. The maximum absolute atomic E-state index is 15.1. The van der Waals surface area contributed by atoms with Crippen molar-refractivity contribution < 1.29 is 37.2 Å². The topological polar surface area (TPSA) is 220 Å². The molecule has 13 heterocycles. The third kappa shape index (κ3) is 13.4. The number of hydrogen-bond donors (Lipinski definition) is 2. The Bertz CT molecular complexity index is 4230. The molecule has 0 spiro atoms. The molecule has 6 fully saturated rings. The standard InChI is InChI=1S/C31H35FN8O2.C17H16FN5O2S.C9H9BrO2.C8H7BrFNO/c1-3-13-39-29(41)25-16-33-30(36-28(25)40(39)27-6-4-5-26(35-27)31(32)19-42-20-31)34-23-7-9-24(10-8-23)38-15-12-21-17-37(2)14-11-22(21)18-38;1-3-7-22-15(24)11-8-19-16(26-2)21-14(11)23(22)13-6-4-5-12(20-13)17(18)9-25-10-17;10-8-3-1-2-7(4-8)9(11)5-12-6-9;9-7-3-1-2-6(11-7)8(10)4-12-5-8/h3-10,16,21-22H,1,11-15,17-20H2,2H3,(H,33,34,36);3-6,8H,1,7,9-10H2,2H3;1-4,11H,5-6H2;1-3H,4-5H2. The van der Waals surface area contributed by atoms with Crippen LogP contribution in [0, 0.1) is 11.8 Å². The number of ether oxygens (including phenoxy) is 4. The smallest absolute Gasteiger partial charge is 0.278 e. The molecule has 480 valence electrons. The first kappa shape index (κ1) is 64.6. The summed E-state index contributed by atoms with van der Waals surface area (Å²) in [5.41, 5.74) is -1.09. The average Bonchev–Trinajstić information content (AvgIpc) is 1.60. The highest BCUT2D eigenvalue weighted by Crippen LogP contribution is 2.38. The number of anilines is 3. The van der Waals surface area contributed by atoms with Gasteiger partial charge in [0, 0.05) is 47.9 Å². The van der Waals surface area contributed by atoms with E-state index in [1.807, 2.05) is 42.7 Å². The number of rotatable bonds is 14. The third-order valence-electron chi connectivity index (χ3n) is 16.9. The Kier molecular flexibility index (Phi) is 19.1. The summed E-state index contributed by atoms with van der Waals surface area (Å²) in [6.45, 7) is 13.5. The Morgan fingerprint density at radius 1 is 0.641 bits per heavy atom. The first-order chi connectivity index (χ1) is 44.4. The molecule has 2 N–H and O–H groups in total. The maximum Gasteiger partial charge on any atom is 0.278 e. The molecule has 0 amide bonds. The first-order valence-corrected chi connectivity index (χ1v) is 32.7. The summed E-state index contributed by atoms with van der Waals surface area (Å²) < 4.78 is 71.1. The molecule has 0 saturated carbocycles. The summed E-state index contributed by atoms with van der Waals surface area (Å²) in [6.07, 6.45) is 10.6. The van der Waals surface area contributed by atoms with E-state index in [0.29, 0.717) is 68.3 Å². The van der Waals surface area contributed by atoms with Crippen LogP contribution in [-0.4, -0.2) is 156 Å². The van der Waals surface area contributed by atoms with Gasteiger partial charge in [-0.2, -0.15) is 4.98 Å². The van der Waals surface area contributed by atoms with Gasteiger partial charge in [0.15, 0.2) is 45.1 Å². The molecule has 15 rings (SSSR count). The predicted molar refractivity (Wildman–Crippen MR) is 351 cm³/mol. The van der Waals surface area contributed by atoms with Crippen molar-refractivity contribution in [2.45, 2.75) is 53.7 Å². The first-order valence-electron chi connectivity index (χ1n) is 29.9. The molecule has 0 aliphatic carbocycles. The minimum Gasteiger partial charge on any atom is -0.380 e. The van der Waals surface area contributed by atoms with Gasteiger partial charge in [-0.25, -0.2) is 61.8 Å². The third-order valence-corrected chi connectivity index (χ3v) is 18.4. The quantitative estimate of drug-likeness (QED) is 0.0448. The number of nitrogens with one attached hydrogen (secondary N) is 1. The molecule has 7 aromatic heterocycles. The van der Waals surface area contributed by atoms with Crippen LogP contribution in [0.4, 0.5) is 30.5 Å². The second kappa shape index (κ2) is 27.2. The number of aromatic nitrogens is 11. The Labute approximate surface area is 548 Å². The van der Waals surface area contributed by atoms with Crippen molar-refractivity contribution in [2.75, 3.05) is 103 Å². The molecule has 2 aromatic carbocycles. The number of allylic oxidation sites excluding steroid dienone is 2. The van der Waals surface area contributed by atoms with Crippen LogP contribution in [0.3, 0.4) is 0 Å². The van der Waals surface area contributed by atoms with E-state index >= 15 is 4.39 Å². The number of fused-ring (bicyclic) bond motifs is 3. The van der Waals surface area contributed by atoms with Gasteiger partial charge >= 0.3 is 0 Å². The molecule has 2 unspecified atom stereocenters. The van der Waals surface area contributed by atoms with E-state index in [-0.39, 0.29) is 75.2 Å². The highest BCUT2D eigenvalue weighted by Gasteiger charge is 2.45. The van der Waals surface area contributed by atoms with Gasteiger partial charge in [0.25, 0.3) is 11.1 Å². The predicted octanol–water partition coefficient (Wildman–Crippen LogP) is 9.67. The highest BCUT2D eigenvalue weighted by molar-refractivity contribution is 9.10. The zero-order valence-corrected chi connectivity index (χ0v) is 54.5. The van der Waals surface area contributed by atoms with Crippen molar-refractivity contribution in [1.29, 1.82) is 0 Å². The van der Waals surface area contributed by atoms with Crippen molar-refractivity contribution in [3.05, 3.63) is 193 Å². The van der Waals surface area contributed by atoms with Crippen molar-refractivity contribution in [2.24, 2.45) is 11.8 Å². The number of likely N-dealkylation sites (tertiary alicyclic amines) is 1. The monoisotopic (exact) mass is 1400 g/mol. The fourth-order valence-corrected chi connectivity index (χ4v) is 12.7. The van der Waals surface area contributed by atoms with Crippen LogP contribution in [0.2, 0.25) is 0 Å². The number of halogens is 5. The Morgan fingerprint density at radius 2 is 1.15 bits per heavy atom. The molecule has 6 aliphatic heterocycles. The van der Waals surface area contributed by atoms with E-state index in [9.17, 15) is 23.5 Å². The Balaban J connectivity index is 0.000000137. The van der Waals surface area contributed by atoms with E-state index in [2.05, 4.69) is 109 Å². The van der Waals surface area contributed by atoms with E-state index in [1.54, 1.807) is 76.1 Å². The number of pyridine rings is 3. The van der Waals surface area contributed by atoms with Crippen LogP contribution in [0.1, 0.15) is 35.5 Å². The largest absolute Gasteiger partial charge is 0.380 e. The van der Waals surface area contributed by atoms with Gasteiger partial charge in [-0.15, -0.1) is 13.2 Å². The van der Waals surface area contributed by atoms with E-state index in [1.165, 1.54) is 65.1 Å². The van der Waals surface area contributed by atoms with Gasteiger partial charge in [-0.05, 0) is 139 Å². The molecular weight excluding hydrogens is 1340 g/mol. The number of aliphatic hydroxyl groups is 1. The molecule has 0 bridgehead atoms. The van der Waals surface area contributed by atoms with Gasteiger partial charge in [-0.1, -0.05) is 70.2 Å². The van der Waals surface area contributed by atoms with E-state index in [0.717, 1.165) is 40.6 Å². The van der Waals surface area contributed by atoms with Gasteiger partial charge in [0.1, 0.15) is 21.0 Å². The number of thioether (sulfide) groups is 1. The molecular formula is C65H67Br2F3N14O7S. The van der Waals surface area contributed by atoms with Gasteiger partial charge in [-0.3, -0.25) is 9.59 Å². The van der Waals surface area contributed by atoms with E-state index in [4.69, 9.17) is 23.9 Å². The van der Waals surface area contributed by atoms with Gasteiger partial charge < -0.3 is 39.2 Å². The van der Waals surface area contributed by atoms with Crippen LogP contribution in [0.25, 0.3) is 33.7 Å². The molecule has 27 heteroatoms. The van der Waals surface area contributed by atoms with Crippen molar-refractivity contribution in [3.63, 3.8) is 0 Å². The second-order valence-electron chi connectivity index (χ2n) is 23.5. The van der Waals surface area contributed by atoms with Crippen LogP contribution < -0.4 is 21.3 Å². The van der Waals surface area contributed by atoms with E-state index < -0.39 is 22.6 Å². The lowest BCUT2D eigenvalue weighted by atomic mass is 9.80. The molecule has 92 heavy (non-hydrogen) atoms. The minimum atomic E-state index is -1.64. The number of piperidine rings is 2. The van der Waals surface area contributed by atoms with Crippen LogP contribution in [-0.2, 0) is 54.6 Å². The second-order valence-corrected chi connectivity index (χ2v) is 26.0. The summed E-state index contributed by atoms with van der Waals surface area (Å²) >= 11 is 7.92. The van der Waals surface area contributed by atoms with Crippen LogP contribution >= 0.6 is 43.6 Å². The summed E-state index contributed by atoms with van der Waals surface area (Å²) in [7, 11) is 2.23. The zero-order chi connectivity index (χ0) is 64.4. The lowest BCUT2D eigenvalue weighted by Gasteiger charge is -2.44. The number of benzene rings is 2. The van der Waals surface area contributed by atoms with Crippen molar-refractivity contribution in [1.82, 2.24) is 58.5 Å². The zero-order valence-electron chi connectivity index (χ0n) is 50.5. The van der Waals surface area contributed by atoms with Crippen LogP contribution in [0.5, 0.6) is 0 Å². The molecule has 2 atom stereocenters. The number of nitrogens with zero attached hydrogens (tertiary/aromatic N) is 13. The minimum absolute atomic E-state index is 0.0197. The normalized spacial score (nSPS) is 19.8.